The second-order valence-electron chi connectivity index (χ2n) is 5.32. The topological polar surface area (TPSA) is 41.5 Å². The van der Waals surface area contributed by atoms with Gasteiger partial charge in [0.1, 0.15) is 5.75 Å². The lowest BCUT2D eigenvalue weighted by Crippen LogP contribution is -2.23. The van der Waals surface area contributed by atoms with Crippen molar-refractivity contribution < 1.29 is 9.84 Å². The summed E-state index contributed by atoms with van der Waals surface area (Å²) < 4.78 is 5.11. The van der Waals surface area contributed by atoms with Crippen LogP contribution in [0.2, 0.25) is 0 Å². The zero-order valence-electron chi connectivity index (χ0n) is 13.1. The van der Waals surface area contributed by atoms with Crippen molar-refractivity contribution in [3.8, 4) is 5.75 Å². The molecule has 0 radical (unpaired) electrons. The van der Waals surface area contributed by atoms with Crippen molar-refractivity contribution in [1.29, 1.82) is 0 Å². The van der Waals surface area contributed by atoms with Crippen LogP contribution in [0.1, 0.15) is 24.2 Å². The molecule has 116 valence electrons. The number of ether oxygens (including phenoxy) is 1. The molecule has 0 aliphatic carbocycles. The molecule has 0 spiro atoms. The molecule has 0 amide bonds. The summed E-state index contributed by atoms with van der Waals surface area (Å²) in [4.78, 5) is 0. The van der Waals surface area contributed by atoms with E-state index in [-0.39, 0.29) is 0 Å². The van der Waals surface area contributed by atoms with Crippen LogP contribution >= 0.6 is 0 Å². The number of methoxy groups -OCH3 is 1. The first kappa shape index (κ1) is 16.3. The van der Waals surface area contributed by atoms with Crippen LogP contribution in [0.15, 0.2) is 60.2 Å². The van der Waals surface area contributed by atoms with Gasteiger partial charge >= 0.3 is 0 Å². The predicted octanol–water partition coefficient (Wildman–Crippen LogP) is 3.42. The number of hydrogen-bond donors (Lipinski definition) is 2. The van der Waals surface area contributed by atoms with E-state index in [1.165, 1.54) is 11.1 Å². The van der Waals surface area contributed by atoms with E-state index in [0.717, 1.165) is 17.9 Å². The molecule has 0 aliphatic rings. The molecule has 0 aromatic heterocycles. The van der Waals surface area contributed by atoms with Gasteiger partial charge in [-0.3, -0.25) is 0 Å². The Hall–Kier alpha value is -2.10. The lowest BCUT2D eigenvalue weighted by Gasteiger charge is -2.13. The summed E-state index contributed by atoms with van der Waals surface area (Å²) >= 11 is 0. The molecule has 3 nitrogen and oxygen atoms in total. The number of rotatable bonds is 7. The Morgan fingerprint density at radius 3 is 2.45 bits per heavy atom. The summed E-state index contributed by atoms with van der Waals surface area (Å²) in [6.45, 7) is 3.36. The fourth-order valence-corrected chi connectivity index (χ4v) is 2.23. The van der Waals surface area contributed by atoms with Gasteiger partial charge in [0.15, 0.2) is 0 Å². The van der Waals surface area contributed by atoms with Gasteiger partial charge in [-0.2, -0.15) is 0 Å². The Balaban J connectivity index is 1.81. The lowest BCUT2D eigenvalue weighted by molar-refractivity contribution is 0.176. The number of aliphatic hydroxyl groups excluding tert-OH is 1. The molecular weight excluding hydrogens is 274 g/mol. The number of benzene rings is 2. The molecule has 1 atom stereocenters. The largest absolute Gasteiger partial charge is 0.497 e. The third kappa shape index (κ3) is 5.02. The van der Waals surface area contributed by atoms with E-state index >= 15 is 0 Å². The highest BCUT2D eigenvalue weighted by Crippen LogP contribution is 2.17. The smallest absolute Gasteiger partial charge is 0.118 e. The van der Waals surface area contributed by atoms with E-state index in [1.807, 2.05) is 42.5 Å². The minimum atomic E-state index is -0.518. The van der Waals surface area contributed by atoms with Crippen LogP contribution in [0.3, 0.4) is 0 Å². The first-order valence-electron chi connectivity index (χ1n) is 7.44. The average Bonchev–Trinajstić information content (AvgIpc) is 2.55. The van der Waals surface area contributed by atoms with Crippen molar-refractivity contribution in [2.45, 2.75) is 13.0 Å². The molecule has 2 aromatic rings. The quantitative estimate of drug-likeness (QED) is 0.823. The third-order valence-electron chi connectivity index (χ3n) is 3.45. The maximum Gasteiger partial charge on any atom is 0.118 e. The second-order valence-corrected chi connectivity index (χ2v) is 5.32. The summed E-state index contributed by atoms with van der Waals surface area (Å²) in [5.74, 6) is 0.797. The molecule has 22 heavy (non-hydrogen) atoms. The zero-order valence-corrected chi connectivity index (χ0v) is 13.1. The highest BCUT2D eigenvalue weighted by molar-refractivity contribution is 5.52. The van der Waals surface area contributed by atoms with Gasteiger partial charge in [0, 0.05) is 13.1 Å². The lowest BCUT2D eigenvalue weighted by atomic mass is 10.1. The summed E-state index contributed by atoms with van der Waals surface area (Å²) in [5, 5.41) is 13.4. The Morgan fingerprint density at radius 2 is 1.82 bits per heavy atom. The van der Waals surface area contributed by atoms with Crippen LogP contribution in [-0.2, 0) is 0 Å². The summed E-state index contributed by atoms with van der Waals surface area (Å²) in [7, 11) is 1.63. The molecule has 1 unspecified atom stereocenters. The van der Waals surface area contributed by atoms with E-state index in [0.29, 0.717) is 6.54 Å². The molecule has 0 bridgehead atoms. The molecule has 2 rings (SSSR count). The molecule has 0 heterocycles. The second kappa shape index (κ2) is 8.37. The van der Waals surface area contributed by atoms with Gasteiger partial charge < -0.3 is 15.2 Å². The van der Waals surface area contributed by atoms with Gasteiger partial charge in [-0.15, -0.1) is 0 Å². The molecule has 2 N–H and O–H groups in total. The first-order chi connectivity index (χ1) is 10.7. The van der Waals surface area contributed by atoms with Gasteiger partial charge in [0.05, 0.1) is 13.2 Å². The SMILES string of the molecule is COc1ccc(C(O)CNC/C(C)=C/c2ccccc2)cc1. The molecule has 0 aliphatic heterocycles. The van der Waals surface area contributed by atoms with Crippen LogP contribution in [-0.4, -0.2) is 25.3 Å². The molecule has 0 saturated carbocycles. The Kier molecular flexibility index (Phi) is 6.19. The summed E-state index contributed by atoms with van der Waals surface area (Å²) in [6.07, 6.45) is 1.63. The van der Waals surface area contributed by atoms with Gasteiger partial charge in [0.2, 0.25) is 0 Å². The fourth-order valence-electron chi connectivity index (χ4n) is 2.23. The van der Waals surface area contributed by atoms with E-state index in [9.17, 15) is 5.11 Å². The van der Waals surface area contributed by atoms with Crippen molar-refractivity contribution in [1.82, 2.24) is 5.32 Å². The molecule has 0 fully saturated rings. The number of aliphatic hydroxyl groups is 1. The van der Waals surface area contributed by atoms with E-state index < -0.39 is 6.10 Å². The minimum absolute atomic E-state index is 0.518. The number of hydrogen-bond acceptors (Lipinski definition) is 3. The van der Waals surface area contributed by atoms with Crippen LogP contribution in [0.5, 0.6) is 5.75 Å². The predicted molar refractivity (Wildman–Crippen MR) is 90.9 cm³/mol. The normalized spacial score (nSPS) is 13.0. The van der Waals surface area contributed by atoms with Crippen LogP contribution in [0.4, 0.5) is 0 Å². The Bertz CT molecular complexity index is 591. The third-order valence-corrected chi connectivity index (χ3v) is 3.45. The van der Waals surface area contributed by atoms with E-state index in [4.69, 9.17) is 4.74 Å². The Morgan fingerprint density at radius 1 is 1.14 bits per heavy atom. The minimum Gasteiger partial charge on any atom is -0.497 e. The monoisotopic (exact) mass is 297 g/mol. The molecule has 2 aromatic carbocycles. The highest BCUT2D eigenvalue weighted by Gasteiger charge is 2.06. The van der Waals surface area contributed by atoms with Crippen molar-refractivity contribution in [3.63, 3.8) is 0 Å². The van der Waals surface area contributed by atoms with E-state index in [2.05, 4.69) is 30.4 Å². The average molecular weight is 297 g/mol. The maximum absolute atomic E-state index is 10.2. The highest BCUT2D eigenvalue weighted by atomic mass is 16.5. The van der Waals surface area contributed by atoms with Crippen molar-refractivity contribution in [2.24, 2.45) is 0 Å². The number of nitrogens with one attached hydrogen (secondary N) is 1. The zero-order chi connectivity index (χ0) is 15.8. The fraction of sp³-hybridized carbons (Fsp3) is 0.263. The Labute approximate surface area is 132 Å². The van der Waals surface area contributed by atoms with E-state index in [1.54, 1.807) is 7.11 Å². The standard InChI is InChI=1S/C19H23NO2/c1-15(12-16-6-4-3-5-7-16)13-20-14-19(21)17-8-10-18(22-2)11-9-17/h3-12,19-21H,13-14H2,1-2H3/b15-12+. The van der Waals surface area contributed by atoms with Crippen LogP contribution in [0.25, 0.3) is 6.08 Å². The molecule has 0 saturated heterocycles. The van der Waals surface area contributed by atoms with Crippen molar-refractivity contribution in [2.75, 3.05) is 20.2 Å². The maximum atomic E-state index is 10.2. The van der Waals surface area contributed by atoms with Gasteiger partial charge in [-0.25, -0.2) is 0 Å². The van der Waals surface area contributed by atoms with Crippen molar-refractivity contribution in [3.05, 3.63) is 71.3 Å². The molecular formula is C19H23NO2. The van der Waals surface area contributed by atoms with Gasteiger partial charge in [0.25, 0.3) is 0 Å². The first-order valence-corrected chi connectivity index (χ1v) is 7.44. The van der Waals surface area contributed by atoms with Crippen molar-refractivity contribution >= 4 is 6.08 Å². The van der Waals surface area contributed by atoms with Gasteiger partial charge in [-0.1, -0.05) is 54.1 Å². The summed E-state index contributed by atoms with van der Waals surface area (Å²) in [5.41, 5.74) is 3.31. The van der Waals surface area contributed by atoms with Crippen LogP contribution in [0, 0.1) is 0 Å². The van der Waals surface area contributed by atoms with Gasteiger partial charge in [-0.05, 0) is 30.2 Å². The molecule has 3 heteroatoms. The summed E-state index contributed by atoms with van der Waals surface area (Å²) in [6, 6.07) is 17.7. The van der Waals surface area contributed by atoms with Crippen LogP contribution < -0.4 is 10.1 Å².